The van der Waals surface area contributed by atoms with E-state index in [9.17, 15) is 0 Å². The van der Waals surface area contributed by atoms with Crippen molar-refractivity contribution < 1.29 is 4.42 Å². The number of benzene rings is 1. The van der Waals surface area contributed by atoms with Crippen molar-refractivity contribution in [3.8, 4) is 10.8 Å². The Morgan fingerprint density at radius 3 is 3.00 bits per heavy atom. The van der Waals surface area contributed by atoms with Crippen LogP contribution in [0.15, 0.2) is 52.9 Å². The molecule has 0 fully saturated rings. The Morgan fingerprint density at radius 1 is 1.08 bits per heavy atom. The van der Waals surface area contributed by atoms with Gasteiger partial charge in [0.2, 0.25) is 0 Å². The molecule has 9 heteroatoms. The molecule has 0 unspecified atom stereocenters. The van der Waals surface area contributed by atoms with Crippen molar-refractivity contribution in [3.05, 3.63) is 54.3 Å². The van der Waals surface area contributed by atoms with E-state index >= 15 is 0 Å². The molecule has 0 saturated heterocycles. The van der Waals surface area contributed by atoms with E-state index in [2.05, 4.69) is 37.0 Å². The van der Waals surface area contributed by atoms with Crippen LogP contribution in [0.3, 0.4) is 0 Å². The average molecular weight is 349 g/mol. The molecule has 0 saturated carbocycles. The van der Waals surface area contributed by atoms with Crippen LogP contribution in [0.4, 0.5) is 5.82 Å². The number of rotatable bonds is 4. The van der Waals surface area contributed by atoms with Crippen LogP contribution in [-0.2, 0) is 6.54 Å². The molecule has 1 N–H and O–H groups in total. The summed E-state index contributed by atoms with van der Waals surface area (Å²) in [6.07, 6.45) is 0. The smallest absolute Gasteiger partial charge is 0.200 e. The highest BCUT2D eigenvalue weighted by Crippen LogP contribution is 2.31. The van der Waals surface area contributed by atoms with Crippen LogP contribution in [0.25, 0.3) is 26.6 Å². The first-order chi connectivity index (χ1) is 12.3. The molecule has 4 aromatic heterocycles. The highest BCUT2D eigenvalue weighted by molar-refractivity contribution is 7.21. The first-order valence-corrected chi connectivity index (χ1v) is 8.41. The highest BCUT2D eigenvalue weighted by atomic mass is 32.1. The van der Waals surface area contributed by atoms with Gasteiger partial charge in [0.05, 0.1) is 16.8 Å². The van der Waals surface area contributed by atoms with Gasteiger partial charge >= 0.3 is 0 Å². The molecule has 1 aromatic carbocycles. The number of para-hydroxylation sites is 1. The molecule has 8 nitrogen and oxygen atoms in total. The monoisotopic (exact) mass is 349 g/mol. The number of thiazole rings is 1. The van der Waals surface area contributed by atoms with Crippen molar-refractivity contribution >= 4 is 33.0 Å². The largest absolute Gasteiger partial charge is 0.457 e. The second kappa shape index (κ2) is 5.64. The Labute approximate surface area is 145 Å². The summed E-state index contributed by atoms with van der Waals surface area (Å²) in [5.41, 5.74) is 1.58. The lowest BCUT2D eigenvalue weighted by Gasteiger charge is -2.02. The van der Waals surface area contributed by atoms with Crippen LogP contribution in [0, 0.1) is 0 Å². The summed E-state index contributed by atoms with van der Waals surface area (Å²) >= 11 is 1.62. The molecule has 4 heterocycles. The Kier molecular flexibility index (Phi) is 3.17. The summed E-state index contributed by atoms with van der Waals surface area (Å²) in [6.45, 7) is 0.505. The van der Waals surface area contributed by atoms with Crippen LogP contribution in [0.2, 0.25) is 0 Å². The van der Waals surface area contributed by atoms with Crippen LogP contribution in [-0.4, -0.2) is 30.2 Å². The molecule has 0 radical (unpaired) electrons. The van der Waals surface area contributed by atoms with Crippen molar-refractivity contribution in [2.75, 3.05) is 5.32 Å². The predicted molar refractivity (Wildman–Crippen MR) is 93.2 cm³/mol. The first-order valence-electron chi connectivity index (χ1n) is 7.59. The van der Waals surface area contributed by atoms with Crippen molar-refractivity contribution in [2.24, 2.45) is 0 Å². The van der Waals surface area contributed by atoms with Gasteiger partial charge in [-0.25, -0.2) is 4.98 Å². The minimum Gasteiger partial charge on any atom is -0.457 e. The van der Waals surface area contributed by atoms with E-state index in [0.29, 0.717) is 18.0 Å². The molecular formula is C16H11N7OS. The molecule has 5 aromatic rings. The first kappa shape index (κ1) is 14.1. The van der Waals surface area contributed by atoms with E-state index < -0.39 is 0 Å². The highest BCUT2D eigenvalue weighted by Gasteiger charge is 2.10. The number of tetrazole rings is 1. The molecule has 0 bridgehead atoms. The van der Waals surface area contributed by atoms with Crippen LogP contribution < -0.4 is 5.32 Å². The molecule has 5 rings (SSSR count). The van der Waals surface area contributed by atoms with E-state index in [1.807, 2.05) is 36.4 Å². The predicted octanol–water partition coefficient (Wildman–Crippen LogP) is 3.00. The van der Waals surface area contributed by atoms with Crippen molar-refractivity contribution in [1.29, 1.82) is 0 Å². The number of hydrogen-bond acceptors (Lipinski definition) is 8. The number of aromatic nitrogens is 6. The van der Waals surface area contributed by atoms with Gasteiger partial charge in [0, 0.05) is 0 Å². The fourth-order valence-electron chi connectivity index (χ4n) is 2.49. The summed E-state index contributed by atoms with van der Waals surface area (Å²) in [7, 11) is 0. The molecule has 0 aliphatic rings. The second-order valence-corrected chi connectivity index (χ2v) is 6.38. The lowest BCUT2D eigenvalue weighted by molar-refractivity contribution is 0.530. The van der Waals surface area contributed by atoms with Crippen molar-refractivity contribution in [3.63, 3.8) is 0 Å². The lowest BCUT2D eigenvalue weighted by atomic mass is 10.3. The zero-order valence-corrected chi connectivity index (χ0v) is 13.6. The molecule has 0 aliphatic carbocycles. The summed E-state index contributed by atoms with van der Waals surface area (Å²) in [5.74, 6) is 2.23. The van der Waals surface area contributed by atoms with Gasteiger partial charge in [-0.3, -0.25) is 0 Å². The van der Waals surface area contributed by atoms with Gasteiger partial charge in [0.1, 0.15) is 11.6 Å². The van der Waals surface area contributed by atoms with E-state index in [1.165, 1.54) is 4.63 Å². The van der Waals surface area contributed by atoms with E-state index in [4.69, 9.17) is 4.42 Å². The third-order valence-corrected chi connectivity index (χ3v) is 4.73. The summed E-state index contributed by atoms with van der Waals surface area (Å²) < 4.78 is 8.42. The quantitative estimate of drug-likeness (QED) is 0.533. The fraction of sp³-hybridized carbons (Fsp3) is 0.0625. The topological polar surface area (TPSA) is 94.0 Å². The van der Waals surface area contributed by atoms with Gasteiger partial charge in [-0.15, -0.1) is 26.2 Å². The second-order valence-electron chi connectivity index (χ2n) is 5.35. The van der Waals surface area contributed by atoms with Crippen LogP contribution >= 0.6 is 11.3 Å². The Balaban J connectivity index is 1.35. The number of anilines is 1. The third-order valence-electron chi connectivity index (χ3n) is 3.68. The third kappa shape index (κ3) is 2.60. The van der Waals surface area contributed by atoms with Gasteiger partial charge in [0.25, 0.3) is 0 Å². The molecule has 122 valence electrons. The average Bonchev–Trinajstić information content (AvgIpc) is 3.37. The lowest BCUT2D eigenvalue weighted by Crippen LogP contribution is -2.04. The number of nitrogens with zero attached hydrogens (tertiary/aromatic N) is 6. The summed E-state index contributed by atoms with van der Waals surface area (Å²) in [4.78, 5) is 4.61. The molecular weight excluding hydrogens is 338 g/mol. The van der Waals surface area contributed by atoms with Crippen LogP contribution in [0.5, 0.6) is 0 Å². The van der Waals surface area contributed by atoms with Gasteiger partial charge in [0.15, 0.2) is 16.4 Å². The fourth-order valence-corrected chi connectivity index (χ4v) is 3.41. The Morgan fingerprint density at radius 2 is 2.04 bits per heavy atom. The van der Waals surface area contributed by atoms with Crippen molar-refractivity contribution in [1.82, 2.24) is 30.2 Å². The molecule has 0 atom stereocenters. The summed E-state index contributed by atoms with van der Waals surface area (Å²) in [5, 5.41) is 19.5. The zero-order valence-electron chi connectivity index (χ0n) is 12.8. The van der Waals surface area contributed by atoms with E-state index in [0.717, 1.165) is 26.7 Å². The minimum absolute atomic E-state index is 0.505. The van der Waals surface area contributed by atoms with Gasteiger partial charge in [-0.05, 0) is 46.8 Å². The maximum absolute atomic E-state index is 5.90. The van der Waals surface area contributed by atoms with Gasteiger partial charge < -0.3 is 9.73 Å². The Hall–Kier alpha value is -3.33. The Bertz CT molecular complexity index is 1140. The van der Waals surface area contributed by atoms with Gasteiger partial charge in [-0.1, -0.05) is 12.1 Å². The number of nitrogens with one attached hydrogen (secondary N) is 1. The molecule has 25 heavy (non-hydrogen) atoms. The number of furan rings is 1. The maximum atomic E-state index is 5.90. The SMILES string of the molecule is c1ccc2sc(-c3ccc(CNc4ccc5nnnn5n4)o3)nc2c1. The normalized spacial score (nSPS) is 11.4. The minimum atomic E-state index is 0.505. The maximum Gasteiger partial charge on any atom is 0.200 e. The van der Waals surface area contributed by atoms with E-state index in [1.54, 1.807) is 17.4 Å². The molecule has 0 amide bonds. The van der Waals surface area contributed by atoms with Crippen LogP contribution in [0.1, 0.15) is 5.76 Å². The molecule has 0 aliphatic heterocycles. The summed E-state index contributed by atoms with van der Waals surface area (Å²) in [6, 6.07) is 15.5. The number of fused-ring (bicyclic) bond motifs is 2. The van der Waals surface area contributed by atoms with E-state index in [-0.39, 0.29) is 0 Å². The number of hydrogen-bond donors (Lipinski definition) is 1. The standard InChI is InChI=1S/C16H11N7OS/c1-2-4-13-11(3-1)18-16(25-13)12-6-5-10(24-12)9-17-14-7-8-15-19-21-22-23(15)20-14/h1-8H,9H2,(H,17,20). The van der Waals surface area contributed by atoms with Gasteiger partial charge in [-0.2, -0.15) is 0 Å². The van der Waals surface area contributed by atoms with Crippen molar-refractivity contribution in [2.45, 2.75) is 6.54 Å². The zero-order chi connectivity index (χ0) is 16.6. The molecule has 0 spiro atoms.